The highest BCUT2D eigenvalue weighted by atomic mass is 16.2. The van der Waals surface area contributed by atoms with Crippen LogP contribution in [0.15, 0.2) is 61.2 Å². The molecule has 1 aliphatic heterocycles. The topological polar surface area (TPSA) is 97.3 Å². The Kier molecular flexibility index (Phi) is 6.61. The second-order valence-corrected chi connectivity index (χ2v) is 8.20. The summed E-state index contributed by atoms with van der Waals surface area (Å²) in [5.41, 5.74) is 8.59. The highest BCUT2D eigenvalue weighted by Crippen LogP contribution is 2.19. The van der Waals surface area contributed by atoms with E-state index in [0.29, 0.717) is 17.2 Å². The minimum absolute atomic E-state index is 0.0748. The number of nitrogens with zero attached hydrogens (tertiary/aromatic N) is 5. The molecule has 2 N–H and O–H groups in total. The van der Waals surface area contributed by atoms with Gasteiger partial charge < -0.3 is 15.5 Å². The number of primary amides is 1. The predicted molar refractivity (Wildman–Crippen MR) is 122 cm³/mol. The number of rotatable bonds is 7. The van der Waals surface area contributed by atoms with Crippen LogP contribution in [0, 0.1) is 0 Å². The molecule has 0 atom stereocenters. The third kappa shape index (κ3) is 5.03. The Morgan fingerprint density at radius 3 is 2.28 bits per heavy atom. The Labute approximate surface area is 187 Å². The number of nitrogens with two attached hydrogens (primary N) is 1. The maximum atomic E-state index is 12.9. The number of likely N-dealkylation sites (N-methyl/N-ethyl adjacent to an activating group) is 1. The molecule has 1 saturated heterocycles. The lowest BCUT2D eigenvalue weighted by Gasteiger charge is -2.37. The van der Waals surface area contributed by atoms with Gasteiger partial charge >= 0.3 is 0 Å². The number of likely N-dealkylation sites (tertiary alicyclic amines) is 1. The molecule has 0 radical (unpaired) electrons. The van der Waals surface area contributed by atoms with Crippen molar-refractivity contribution in [3.8, 4) is 5.69 Å². The molecule has 2 heterocycles. The van der Waals surface area contributed by atoms with Crippen molar-refractivity contribution in [1.29, 1.82) is 0 Å². The molecule has 1 fully saturated rings. The maximum absolute atomic E-state index is 12.9. The Balaban J connectivity index is 1.26. The van der Waals surface area contributed by atoms with Crippen molar-refractivity contribution in [2.45, 2.75) is 25.3 Å². The Bertz CT molecular complexity index is 1040. The molecule has 0 spiro atoms. The summed E-state index contributed by atoms with van der Waals surface area (Å²) in [6.45, 7) is 2.44. The van der Waals surface area contributed by atoms with E-state index in [1.807, 2.05) is 41.3 Å². The van der Waals surface area contributed by atoms with Gasteiger partial charge in [0.1, 0.15) is 12.7 Å². The van der Waals surface area contributed by atoms with Gasteiger partial charge in [0.2, 0.25) is 5.91 Å². The van der Waals surface area contributed by atoms with Crippen LogP contribution in [0.25, 0.3) is 5.69 Å². The normalized spacial score (nSPS) is 14.6. The van der Waals surface area contributed by atoms with Gasteiger partial charge in [-0.2, -0.15) is 5.10 Å². The lowest BCUT2D eigenvalue weighted by molar-refractivity contribution is 0.0647. The van der Waals surface area contributed by atoms with Gasteiger partial charge in [-0.1, -0.05) is 12.1 Å². The molecule has 0 bridgehead atoms. The van der Waals surface area contributed by atoms with Crippen LogP contribution in [-0.2, 0) is 6.42 Å². The summed E-state index contributed by atoms with van der Waals surface area (Å²) in [6, 6.07) is 15.4. The Hall–Kier alpha value is -3.52. The second-order valence-electron chi connectivity index (χ2n) is 8.20. The van der Waals surface area contributed by atoms with Crippen LogP contribution >= 0.6 is 0 Å². The van der Waals surface area contributed by atoms with Crippen molar-refractivity contribution >= 4 is 11.8 Å². The molecule has 2 aromatic carbocycles. The number of amides is 2. The Morgan fingerprint density at radius 1 is 1.03 bits per heavy atom. The summed E-state index contributed by atoms with van der Waals surface area (Å²) in [4.78, 5) is 32.4. The van der Waals surface area contributed by atoms with Crippen LogP contribution in [0.4, 0.5) is 0 Å². The quantitative estimate of drug-likeness (QED) is 0.617. The largest absolute Gasteiger partial charge is 0.366 e. The molecule has 8 heteroatoms. The van der Waals surface area contributed by atoms with Crippen molar-refractivity contribution in [2.24, 2.45) is 5.73 Å². The van der Waals surface area contributed by atoms with E-state index < -0.39 is 5.91 Å². The van der Waals surface area contributed by atoms with Crippen molar-refractivity contribution in [3.05, 3.63) is 77.9 Å². The van der Waals surface area contributed by atoms with E-state index >= 15 is 0 Å². The zero-order valence-corrected chi connectivity index (χ0v) is 18.2. The number of hydrogen-bond acceptors (Lipinski definition) is 5. The van der Waals surface area contributed by atoms with Crippen LogP contribution in [-0.4, -0.2) is 69.1 Å². The molecular formula is C24H28N6O2. The molecule has 0 saturated carbocycles. The molecule has 0 unspecified atom stereocenters. The molecular weight excluding hydrogens is 404 g/mol. The summed E-state index contributed by atoms with van der Waals surface area (Å²) in [7, 11) is 2.14. The first-order valence-corrected chi connectivity index (χ1v) is 10.8. The van der Waals surface area contributed by atoms with Gasteiger partial charge in [0.25, 0.3) is 5.91 Å². The zero-order valence-electron chi connectivity index (χ0n) is 18.2. The molecule has 2 amide bonds. The van der Waals surface area contributed by atoms with E-state index in [-0.39, 0.29) is 5.91 Å². The molecule has 0 aliphatic carbocycles. The number of carbonyl (C=O) groups excluding carboxylic acids is 2. The molecule has 1 aromatic heterocycles. The van der Waals surface area contributed by atoms with Gasteiger partial charge in [-0.15, -0.1) is 0 Å². The molecule has 32 heavy (non-hydrogen) atoms. The van der Waals surface area contributed by atoms with Crippen LogP contribution < -0.4 is 5.73 Å². The van der Waals surface area contributed by atoms with Gasteiger partial charge in [-0.3, -0.25) is 9.59 Å². The van der Waals surface area contributed by atoms with Gasteiger partial charge in [0, 0.05) is 36.8 Å². The van der Waals surface area contributed by atoms with Gasteiger partial charge in [-0.25, -0.2) is 9.67 Å². The number of benzene rings is 2. The minimum atomic E-state index is -0.402. The Morgan fingerprint density at radius 2 is 1.69 bits per heavy atom. The highest BCUT2D eigenvalue weighted by molar-refractivity contribution is 5.94. The average molecular weight is 433 g/mol. The first-order valence-electron chi connectivity index (χ1n) is 10.8. The fourth-order valence-electron chi connectivity index (χ4n) is 4.11. The van der Waals surface area contributed by atoms with Gasteiger partial charge in [-0.05, 0) is 68.3 Å². The number of piperidine rings is 1. The van der Waals surface area contributed by atoms with E-state index in [2.05, 4.69) is 22.0 Å². The molecule has 8 nitrogen and oxygen atoms in total. The summed E-state index contributed by atoms with van der Waals surface area (Å²) in [5, 5.41) is 4.11. The standard InChI is InChI=1S/C24H28N6O2/c1-28(13-10-18-2-4-19(5-3-18)23(25)31)21-11-14-29(15-12-21)24(32)20-6-8-22(9-7-20)30-17-26-16-27-30/h2-9,16-17,21H,10-15H2,1H3,(H2,25,31). The van der Waals surface area contributed by atoms with Gasteiger partial charge in [0.05, 0.1) is 5.69 Å². The third-order valence-corrected chi connectivity index (χ3v) is 6.16. The van der Waals surface area contributed by atoms with Crippen LogP contribution in [0.1, 0.15) is 39.1 Å². The molecule has 3 aromatic rings. The average Bonchev–Trinajstić information content (AvgIpc) is 3.37. The molecule has 166 valence electrons. The third-order valence-electron chi connectivity index (χ3n) is 6.16. The summed E-state index contributed by atoms with van der Waals surface area (Å²) >= 11 is 0. The summed E-state index contributed by atoms with van der Waals surface area (Å²) in [5.74, 6) is -0.327. The predicted octanol–water partition coefficient (Wildman–Crippen LogP) is 2.15. The fourth-order valence-corrected chi connectivity index (χ4v) is 4.11. The number of hydrogen-bond donors (Lipinski definition) is 1. The zero-order chi connectivity index (χ0) is 22.5. The first-order chi connectivity index (χ1) is 15.5. The monoisotopic (exact) mass is 432 g/mol. The second kappa shape index (κ2) is 9.74. The van der Waals surface area contributed by atoms with E-state index in [9.17, 15) is 9.59 Å². The highest BCUT2D eigenvalue weighted by Gasteiger charge is 2.25. The van der Waals surface area contributed by atoms with Crippen molar-refractivity contribution in [3.63, 3.8) is 0 Å². The van der Waals surface area contributed by atoms with E-state index in [4.69, 9.17) is 5.73 Å². The van der Waals surface area contributed by atoms with Crippen molar-refractivity contribution < 1.29 is 9.59 Å². The van der Waals surface area contributed by atoms with Crippen molar-refractivity contribution in [1.82, 2.24) is 24.6 Å². The summed E-state index contributed by atoms with van der Waals surface area (Å²) < 4.78 is 1.67. The minimum Gasteiger partial charge on any atom is -0.366 e. The van der Waals surface area contributed by atoms with Gasteiger partial charge in [0.15, 0.2) is 0 Å². The first kappa shape index (κ1) is 21.7. The lowest BCUT2D eigenvalue weighted by Crippen LogP contribution is -2.46. The van der Waals surface area contributed by atoms with Crippen LogP contribution in [0.2, 0.25) is 0 Å². The fraction of sp³-hybridized carbons (Fsp3) is 0.333. The summed E-state index contributed by atoms with van der Waals surface area (Å²) in [6.07, 6.45) is 5.95. The van der Waals surface area contributed by atoms with Crippen LogP contribution in [0.5, 0.6) is 0 Å². The lowest BCUT2D eigenvalue weighted by atomic mass is 10.0. The molecule has 1 aliphatic rings. The van der Waals surface area contributed by atoms with E-state index in [0.717, 1.165) is 44.6 Å². The SMILES string of the molecule is CN(CCc1ccc(C(N)=O)cc1)C1CCN(C(=O)c2ccc(-n3cncn3)cc2)CC1. The van der Waals surface area contributed by atoms with Crippen molar-refractivity contribution in [2.75, 3.05) is 26.7 Å². The number of aromatic nitrogens is 3. The van der Waals surface area contributed by atoms with E-state index in [1.165, 1.54) is 11.9 Å². The molecule has 4 rings (SSSR count). The smallest absolute Gasteiger partial charge is 0.253 e. The van der Waals surface area contributed by atoms with E-state index in [1.54, 1.807) is 23.1 Å². The number of carbonyl (C=O) groups is 2. The maximum Gasteiger partial charge on any atom is 0.253 e. The van der Waals surface area contributed by atoms with Crippen LogP contribution in [0.3, 0.4) is 0 Å².